The molecule has 0 unspecified atom stereocenters. The largest absolute Gasteiger partial charge is 0.478 e. The first-order chi connectivity index (χ1) is 14.9. The average Bonchev–Trinajstić information content (AvgIpc) is 3.23. The summed E-state index contributed by atoms with van der Waals surface area (Å²) in [6.45, 7) is 0.611. The van der Waals surface area contributed by atoms with Crippen molar-refractivity contribution in [2.24, 2.45) is 0 Å². The molecule has 0 fully saturated rings. The van der Waals surface area contributed by atoms with Crippen molar-refractivity contribution in [3.8, 4) is 11.1 Å². The third kappa shape index (κ3) is 4.81. The second-order valence-electron chi connectivity index (χ2n) is 6.93. The Hall–Kier alpha value is -3.91. The quantitative estimate of drug-likeness (QED) is 0.457. The van der Waals surface area contributed by atoms with Gasteiger partial charge in [-0.2, -0.15) is 5.10 Å². The molecule has 0 amide bonds. The highest BCUT2D eigenvalue weighted by atomic mass is 32.2. The third-order valence-electron chi connectivity index (χ3n) is 4.66. The lowest BCUT2D eigenvalue weighted by molar-refractivity contribution is 0.0697. The predicted molar refractivity (Wildman–Crippen MR) is 117 cm³/mol. The van der Waals surface area contributed by atoms with Gasteiger partial charge in [0.1, 0.15) is 0 Å². The first kappa shape index (κ1) is 20.4. The van der Waals surface area contributed by atoms with E-state index in [2.05, 4.69) is 9.82 Å². The molecule has 8 heteroatoms. The molecule has 1 heterocycles. The molecule has 0 saturated carbocycles. The first-order valence-electron chi connectivity index (χ1n) is 9.44. The summed E-state index contributed by atoms with van der Waals surface area (Å²) < 4.78 is 29.9. The molecule has 31 heavy (non-hydrogen) atoms. The van der Waals surface area contributed by atoms with Gasteiger partial charge in [-0.3, -0.25) is 9.40 Å². The van der Waals surface area contributed by atoms with E-state index in [1.807, 2.05) is 42.6 Å². The van der Waals surface area contributed by atoms with Crippen molar-refractivity contribution in [2.45, 2.75) is 11.4 Å². The lowest BCUT2D eigenvalue weighted by atomic mass is 10.1. The summed E-state index contributed by atoms with van der Waals surface area (Å²) in [5, 5.41) is 13.5. The van der Waals surface area contributed by atoms with E-state index < -0.39 is 16.0 Å². The molecule has 2 N–H and O–H groups in total. The Morgan fingerprint density at radius 2 is 1.71 bits per heavy atom. The van der Waals surface area contributed by atoms with Gasteiger partial charge in [-0.1, -0.05) is 48.5 Å². The summed E-state index contributed by atoms with van der Waals surface area (Å²) in [7, 11) is -3.90. The van der Waals surface area contributed by atoms with Gasteiger partial charge in [-0.15, -0.1) is 0 Å². The van der Waals surface area contributed by atoms with Gasteiger partial charge in [0.15, 0.2) is 0 Å². The lowest BCUT2D eigenvalue weighted by Gasteiger charge is -2.09. The highest BCUT2D eigenvalue weighted by molar-refractivity contribution is 7.92. The first-order valence-corrected chi connectivity index (χ1v) is 10.9. The molecular weight excluding hydrogens is 414 g/mol. The summed E-state index contributed by atoms with van der Waals surface area (Å²) in [6, 6.07) is 22.1. The minimum atomic E-state index is -3.90. The number of nitrogens with one attached hydrogen (secondary N) is 1. The smallest absolute Gasteiger partial charge is 0.335 e. The number of sulfonamides is 1. The molecule has 0 aliphatic heterocycles. The summed E-state index contributed by atoms with van der Waals surface area (Å²) >= 11 is 0. The van der Waals surface area contributed by atoms with Gasteiger partial charge in [0.05, 0.1) is 23.2 Å². The number of carbonyl (C=O) groups is 1. The molecule has 0 saturated heterocycles. The van der Waals surface area contributed by atoms with Crippen LogP contribution in [0.15, 0.2) is 96.2 Å². The van der Waals surface area contributed by atoms with E-state index in [0.29, 0.717) is 12.1 Å². The Balaban J connectivity index is 1.57. The maximum Gasteiger partial charge on any atom is 0.335 e. The van der Waals surface area contributed by atoms with Crippen LogP contribution in [-0.4, -0.2) is 29.3 Å². The normalized spacial score (nSPS) is 11.2. The Morgan fingerprint density at radius 3 is 2.48 bits per heavy atom. The predicted octanol–water partition coefficient (Wildman–Crippen LogP) is 4.10. The molecule has 0 aliphatic rings. The molecule has 4 aromatic rings. The van der Waals surface area contributed by atoms with Crippen LogP contribution in [0, 0.1) is 0 Å². The van der Waals surface area contributed by atoms with E-state index in [4.69, 9.17) is 5.11 Å². The molecule has 1 aromatic heterocycles. The molecule has 156 valence electrons. The van der Waals surface area contributed by atoms with E-state index in [1.54, 1.807) is 23.0 Å². The van der Waals surface area contributed by atoms with E-state index in [0.717, 1.165) is 11.1 Å². The van der Waals surface area contributed by atoms with Gasteiger partial charge in [0.2, 0.25) is 0 Å². The Morgan fingerprint density at radius 1 is 0.935 bits per heavy atom. The fourth-order valence-corrected chi connectivity index (χ4v) is 4.24. The van der Waals surface area contributed by atoms with Crippen molar-refractivity contribution in [3.05, 3.63) is 102 Å². The maximum absolute atomic E-state index is 12.8. The number of hydrogen-bond acceptors (Lipinski definition) is 4. The molecule has 7 nitrogen and oxygen atoms in total. The van der Waals surface area contributed by atoms with Crippen molar-refractivity contribution in [3.63, 3.8) is 0 Å². The Bertz CT molecular complexity index is 1330. The third-order valence-corrected chi connectivity index (χ3v) is 6.04. The number of carboxylic acids is 1. The number of anilines is 1. The number of nitrogens with zero attached hydrogens (tertiary/aromatic N) is 2. The van der Waals surface area contributed by atoms with Gasteiger partial charge in [0, 0.05) is 17.4 Å². The Labute approximate surface area is 179 Å². The van der Waals surface area contributed by atoms with Gasteiger partial charge in [-0.05, 0) is 41.5 Å². The van der Waals surface area contributed by atoms with Crippen LogP contribution in [0.1, 0.15) is 15.9 Å². The van der Waals surface area contributed by atoms with Crippen LogP contribution in [0.2, 0.25) is 0 Å². The highest BCUT2D eigenvalue weighted by Crippen LogP contribution is 2.24. The second-order valence-corrected chi connectivity index (χ2v) is 8.61. The number of aromatic carboxylic acids is 1. The van der Waals surface area contributed by atoms with Crippen molar-refractivity contribution in [1.29, 1.82) is 0 Å². The molecule has 0 spiro atoms. The van der Waals surface area contributed by atoms with Crippen LogP contribution in [-0.2, 0) is 16.6 Å². The van der Waals surface area contributed by atoms with E-state index in [1.165, 1.54) is 30.3 Å². The maximum atomic E-state index is 12.8. The van der Waals surface area contributed by atoms with E-state index in [-0.39, 0.29) is 16.1 Å². The van der Waals surface area contributed by atoms with Crippen LogP contribution < -0.4 is 4.72 Å². The number of aromatic nitrogens is 2. The number of benzene rings is 3. The number of rotatable bonds is 7. The highest BCUT2D eigenvalue weighted by Gasteiger charge is 2.16. The van der Waals surface area contributed by atoms with Crippen LogP contribution in [0.4, 0.5) is 5.69 Å². The lowest BCUT2D eigenvalue weighted by Crippen LogP contribution is -2.13. The molecule has 4 rings (SSSR count). The number of carboxylic acid groups (broad SMARTS) is 1. The van der Waals surface area contributed by atoms with Crippen LogP contribution >= 0.6 is 0 Å². The summed E-state index contributed by atoms with van der Waals surface area (Å²) in [4.78, 5) is 11.2. The molecule has 0 radical (unpaired) electrons. The van der Waals surface area contributed by atoms with Gasteiger partial charge in [0.25, 0.3) is 10.0 Å². The summed E-state index contributed by atoms with van der Waals surface area (Å²) in [5.41, 5.74) is 2.80. The van der Waals surface area contributed by atoms with Crippen molar-refractivity contribution >= 4 is 21.7 Å². The van der Waals surface area contributed by atoms with Gasteiger partial charge < -0.3 is 5.11 Å². The average molecular weight is 433 g/mol. The number of hydrogen-bond donors (Lipinski definition) is 2. The monoisotopic (exact) mass is 433 g/mol. The summed E-state index contributed by atoms with van der Waals surface area (Å²) in [6.07, 6.45) is 3.56. The molecule has 3 aromatic carbocycles. The second kappa shape index (κ2) is 8.45. The fraction of sp³-hybridized carbons (Fsp3) is 0.0435. The van der Waals surface area contributed by atoms with Crippen molar-refractivity contribution in [1.82, 2.24) is 9.78 Å². The van der Waals surface area contributed by atoms with Crippen LogP contribution in [0.5, 0.6) is 0 Å². The van der Waals surface area contributed by atoms with Gasteiger partial charge in [-0.25, -0.2) is 13.2 Å². The van der Waals surface area contributed by atoms with Crippen LogP contribution in [0.25, 0.3) is 11.1 Å². The van der Waals surface area contributed by atoms with Crippen molar-refractivity contribution < 1.29 is 18.3 Å². The zero-order valence-corrected chi connectivity index (χ0v) is 17.2. The zero-order valence-electron chi connectivity index (χ0n) is 16.3. The van der Waals surface area contributed by atoms with Crippen molar-refractivity contribution in [2.75, 3.05) is 4.72 Å². The zero-order chi connectivity index (χ0) is 21.8. The topological polar surface area (TPSA) is 101 Å². The molecular formula is C23H19N3O4S. The standard InChI is InChI=1S/C23H19N3O4S/c27-23(28)19-9-4-10-21(12-19)25-31(29,30)22-11-5-8-18(13-22)20-14-24-26(16-20)15-17-6-2-1-3-7-17/h1-14,16,25H,15H2,(H,27,28). The van der Waals surface area contributed by atoms with E-state index >= 15 is 0 Å². The minimum absolute atomic E-state index is 0.000203. The fourth-order valence-electron chi connectivity index (χ4n) is 3.14. The molecule has 0 aliphatic carbocycles. The Kier molecular flexibility index (Phi) is 5.55. The minimum Gasteiger partial charge on any atom is -0.478 e. The van der Waals surface area contributed by atoms with Crippen LogP contribution in [0.3, 0.4) is 0 Å². The SMILES string of the molecule is O=C(O)c1cccc(NS(=O)(=O)c2cccc(-c3cnn(Cc4ccccc4)c3)c2)c1. The molecule has 0 bridgehead atoms. The summed E-state index contributed by atoms with van der Waals surface area (Å²) in [5.74, 6) is -1.13. The van der Waals surface area contributed by atoms with Gasteiger partial charge >= 0.3 is 5.97 Å². The molecule has 0 atom stereocenters. The van der Waals surface area contributed by atoms with E-state index in [9.17, 15) is 13.2 Å².